The molecule has 0 spiro atoms. The van der Waals surface area contributed by atoms with Gasteiger partial charge in [-0.1, -0.05) is 6.07 Å². The van der Waals surface area contributed by atoms with Gasteiger partial charge in [-0.25, -0.2) is 5.10 Å². The molecule has 0 bridgehead atoms. The maximum Gasteiger partial charge on any atom is 0.246 e. The molecule has 4 rings (SSSR count). The van der Waals surface area contributed by atoms with Crippen LogP contribution in [-0.2, 0) is 9.53 Å². The van der Waals surface area contributed by atoms with Gasteiger partial charge in [0.05, 0.1) is 32.7 Å². The Morgan fingerprint density at radius 2 is 1.96 bits per heavy atom. The van der Waals surface area contributed by atoms with E-state index in [0.717, 1.165) is 18.7 Å². The minimum Gasteiger partial charge on any atom is -0.493 e. The Labute approximate surface area is 167 Å². The summed E-state index contributed by atoms with van der Waals surface area (Å²) in [5.74, 6) is 2.30. The summed E-state index contributed by atoms with van der Waals surface area (Å²) in [6, 6.07) is 5.69. The molecule has 1 aromatic heterocycles. The summed E-state index contributed by atoms with van der Waals surface area (Å²) in [6.45, 7) is 4.66. The number of hydrogen-bond donors (Lipinski definition) is 1. The zero-order valence-corrected chi connectivity index (χ0v) is 16.9. The van der Waals surface area contributed by atoms with Crippen molar-refractivity contribution in [2.45, 2.75) is 17.5 Å². The highest BCUT2D eigenvalue weighted by atomic mass is 32.2. The van der Waals surface area contributed by atoms with Crippen LogP contribution >= 0.6 is 11.8 Å². The number of hydrogen-bond acceptors (Lipinski definition) is 8. The molecule has 1 amide bonds. The van der Waals surface area contributed by atoms with E-state index in [4.69, 9.17) is 14.2 Å². The first-order valence-corrected chi connectivity index (χ1v) is 10.0. The van der Waals surface area contributed by atoms with Crippen molar-refractivity contribution in [3.05, 3.63) is 23.8 Å². The third kappa shape index (κ3) is 3.37. The van der Waals surface area contributed by atoms with Crippen LogP contribution in [0.1, 0.15) is 17.9 Å². The van der Waals surface area contributed by atoms with E-state index in [0.29, 0.717) is 36.6 Å². The van der Waals surface area contributed by atoms with Crippen LogP contribution in [0.4, 0.5) is 11.9 Å². The largest absolute Gasteiger partial charge is 0.493 e. The average molecular weight is 405 g/mol. The first kappa shape index (κ1) is 18.9. The normalized spacial score (nSPS) is 22.6. The van der Waals surface area contributed by atoms with Gasteiger partial charge >= 0.3 is 0 Å². The number of carbonyl (C=O) groups is 1. The van der Waals surface area contributed by atoms with Crippen LogP contribution in [0.25, 0.3) is 0 Å². The first-order chi connectivity index (χ1) is 13.6. The second-order valence-electron chi connectivity index (χ2n) is 6.51. The molecule has 2 fully saturated rings. The van der Waals surface area contributed by atoms with Gasteiger partial charge in [-0.3, -0.25) is 9.69 Å². The van der Waals surface area contributed by atoms with Crippen LogP contribution in [-0.4, -0.2) is 66.9 Å². The highest BCUT2D eigenvalue weighted by Crippen LogP contribution is 2.46. The van der Waals surface area contributed by atoms with Crippen LogP contribution < -0.4 is 19.3 Å². The van der Waals surface area contributed by atoms with Crippen LogP contribution in [0.15, 0.2) is 18.2 Å². The van der Waals surface area contributed by atoms with Gasteiger partial charge in [-0.2, -0.15) is 4.98 Å². The van der Waals surface area contributed by atoms with Crippen molar-refractivity contribution < 1.29 is 19.0 Å². The number of benzene rings is 1. The zero-order chi connectivity index (χ0) is 19.7. The van der Waals surface area contributed by atoms with Gasteiger partial charge in [-0.15, -0.1) is 16.9 Å². The molecule has 0 saturated carbocycles. The molecule has 2 atom stereocenters. The summed E-state index contributed by atoms with van der Waals surface area (Å²) in [5.41, 5.74) is 0.935. The number of ether oxygens (including phenoxy) is 3. The molecular formula is C18H23N5O4S. The molecule has 28 heavy (non-hydrogen) atoms. The van der Waals surface area contributed by atoms with Crippen molar-refractivity contribution in [2.75, 3.05) is 50.3 Å². The Bertz CT molecular complexity index is 854. The van der Waals surface area contributed by atoms with E-state index in [9.17, 15) is 4.79 Å². The average Bonchev–Trinajstić information content (AvgIpc) is 3.33. The number of aromatic amines is 1. The Kier molecular flexibility index (Phi) is 5.31. The van der Waals surface area contributed by atoms with Gasteiger partial charge in [0.15, 0.2) is 11.5 Å². The summed E-state index contributed by atoms with van der Waals surface area (Å²) in [6.07, 6.45) is 0. The van der Waals surface area contributed by atoms with Gasteiger partial charge in [0.25, 0.3) is 0 Å². The summed E-state index contributed by atoms with van der Waals surface area (Å²) >= 11 is 1.57. The molecule has 2 aliphatic heterocycles. The van der Waals surface area contributed by atoms with Gasteiger partial charge in [0.2, 0.25) is 17.8 Å². The fraction of sp³-hybridized carbons (Fsp3) is 0.500. The molecule has 2 aliphatic rings. The number of aromatic nitrogens is 3. The molecule has 0 aliphatic carbocycles. The molecule has 9 nitrogen and oxygen atoms in total. The second-order valence-corrected chi connectivity index (χ2v) is 7.94. The van der Waals surface area contributed by atoms with E-state index < -0.39 is 0 Å². The van der Waals surface area contributed by atoms with Crippen LogP contribution in [0.5, 0.6) is 11.5 Å². The Morgan fingerprint density at radius 1 is 1.21 bits per heavy atom. The van der Waals surface area contributed by atoms with Crippen LogP contribution in [0.3, 0.4) is 0 Å². The number of rotatable bonds is 5. The third-order valence-electron chi connectivity index (χ3n) is 4.83. The number of amides is 1. The van der Waals surface area contributed by atoms with E-state index >= 15 is 0 Å². The third-order valence-corrected chi connectivity index (χ3v) is 6.18. The number of H-pyrrole nitrogens is 1. The summed E-state index contributed by atoms with van der Waals surface area (Å²) < 4.78 is 16.1. The zero-order valence-electron chi connectivity index (χ0n) is 16.0. The second kappa shape index (κ2) is 7.88. The van der Waals surface area contributed by atoms with Crippen molar-refractivity contribution in [1.82, 2.24) is 15.2 Å². The van der Waals surface area contributed by atoms with Crippen molar-refractivity contribution in [3.8, 4) is 11.5 Å². The molecule has 1 aromatic carbocycles. The number of nitrogens with one attached hydrogen (secondary N) is 1. The lowest BCUT2D eigenvalue weighted by Crippen LogP contribution is -2.37. The van der Waals surface area contributed by atoms with E-state index in [2.05, 4.69) is 15.2 Å². The van der Waals surface area contributed by atoms with Crippen molar-refractivity contribution in [3.63, 3.8) is 0 Å². The molecule has 0 radical (unpaired) electrons. The Balaban J connectivity index is 1.65. The molecular weight excluding hydrogens is 382 g/mol. The smallest absolute Gasteiger partial charge is 0.246 e. The SMILES string of the molecule is COc1ccc(C2SC(C)C(=O)N2c2nc(N3CCOCC3)n[nH]2)cc1OC. The molecule has 2 unspecified atom stereocenters. The van der Waals surface area contributed by atoms with Crippen LogP contribution in [0.2, 0.25) is 0 Å². The lowest BCUT2D eigenvalue weighted by Gasteiger charge is -2.25. The fourth-order valence-corrected chi connectivity index (χ4v) is 4.58. The maximum atomic E-state index is 12.9. The number of methoxy groups -OCH3 is 2. The standard InChI is InChI=1S/C18H23N5O4S/c1-11-15(24)23(18-19-17(20-21-18)22-6-8-27-9-7-22)16(28-11)12-4-5-13(25-2)14(10-12)26-3/h4-5,10-11,16H,6-9H2,1-3H3,(H,19,20,21). The number of carbonyl (C=O) groups excluding carboxylic acids is 1. The minimum absolute atomic E-state index is 0.00513. The predicted octanol–water partition coefficient (Wildman–Crippen LogP) is 1.83. The lowest BCUT2D eigenvalue weighted by molar-refractivity contribution is -0.117. The highest BCUT2D eigenvalue weighted by molar-refractivity contribution is 8.01. The number of thioether (sulfide) groups is 1. The monoisotopic (exact) mass is 405 g/mol. The van der Waals surface area contributed by atoms with Crippen molar-refractivity contribution >= 4 is 29.6 Å². The topological polar surface area (TPSA) is 92.8 Å². The van der Waals surface area contributed by atoms with Crippen LogP contribution in [0, 0.1) is 0 Å². The molecule has 1 N–H and O–H groups in total. The first-order valence-electron chi connectivity index (χ1n) is 9.08. The van der Waals surface area contributed by atoms with Gasteiger partial charge in [0, 0.05) is 13.1 Å². The molecule has 10 heteroatoms. The molecule has 3 heterocycles. The van der Waals surface area contributed by atoms with Crippen molar-refractivity contribution in [1.29, 1.82) is 0 Å². The fourth-order valence-electron chi connectivity index (χ4n) is 3.33. The summed E-state index contributed by atoms with van der Waals surface area (Å²) in [7, 11) is 3.20. The quantitative estimate of drug-likeness (QED) is 0.805. The van der Waals surface area contributed by atoms with Gasteiger partial charge in [0.1, 0.15) is 5.37 Å². The van der Waals surface area contributed by atoms with E-state index in [1.54, 1.807) is 30.9 Å². The van der Waals surface area contributed by atoms with E-state index in [-0.39, 0.29) is 16.5 Å². The minimum atomic E-state index is -0.229. The molecule has 2 saturated heterocycles. The summed E-state index contributed by atoms with van der Waals surface area (Å²) in [5, 5.41) is 6.84. The molecule has 150 valence electrons. The van der Waals surface area contributed by atoms with Crippen molar-refractivity contribution in [2.24, 2.45) is 0 Å². The maximum absolute atomic E-state index is 12.9. The summed E-state index contributed by atoms with van der Waals surface area (Å²) in [4.78, 5) is 21.2. The predicted molar refractivity (Wildman–Crippen MR) is 106 cm³/mol. The Hall–Kier alpha value is -2.46. The lowest BCUT2D eigenvalue weighted by atomic mass is 10.2. The number of anilines is 2. The highest BCUT2D eigenvalue weighted by Gasteiger charge is 2.41. The number of morpholine rings is 1. The Morgan fingerprint density at radius 3 is 2.68 bits per heavy atom. The van der Waals surface area contributed by atoms with E-state index in [1.165, 1.54) is 0 Å². The van der Waals surface area contributed by atoms with Gasteiger partial charge < -0.3 is 19.1 Å². The molecule has 2 aromatic rings. The number of nitrogens with zero attached hydrogens (tertiary/aromatic N) is 4. The van der Waals surface area contributed by atoms with E-state index in [1.807, 2.05) is 30.0 Å². The van der Waals surface area contributed by atoms with Gasteiger partial charge in [-0.05, 0) is 24.6 Å².